The van der Waals surface area contributed by atoms with Crippen LogP contribution in [0.4, 0.5) is 18.9 Å². The van der Waals surface area contributed by atoms with Gasteiger partial charge in [-0.05, 0) is 67.3 Å². The molecule has 0 radical (unpaired) electrons. The first-order valence-corrected chi connectivity index (χ1v) is 17.3. The van der Waals surface area contributed by atoms with E-state index in [4.69, 9.17) is 34.8 Å². The van der Waals surface area contributed by atoms with Crippen molar-refractivity contribution in [1.82, 2.24) is 10.2 Å². The molecule has 0 bridgehead atoms. The zero-order chi connectivity index (χ0) is 33.6. The van der Waals surface area contributed by atoms with Gasteiger partial charge < -0.3 is 10.2 Å². The Hall–Kier alpha value is -2.99. The van der Waals surface area contributed by atoms with Gasteiger partial charge in [0.15, 0.2) is 0 Å². The maximum absolute atomic E-state index is 14.2. The molecule has 1 saturated carbocycles. The van der Waals surface area contributed by atoms with Gasteiger partial charge in [-0.15, -0.1) is 0 Å². The molecule has 3 aromatic rings. The van der Waals surface area contributed by atoms with Crippen LogP contribution in [0.2, 0.25) is 15.1 Å². The van der Waals surface area contributed by atoms with Gasteiger partial charge >= 0.3 is 6.18 Å². The van der Waals surface area contributed by atoms with Crippen molar-refractivity contribution in [3.8, 4) is 0 Å². The van der Waals surface area contributed by atoms with Crippen LogP contribution < -0.4 is 9.62 Å². The Kier molecular flexibility index (Phi) is 11.9. The molecule has 0 unspecified atom stereocenters. The van der Waals surface area contributed by atoms with Crippen LogP contribution in [0.15, 0.2) is 71.6 Å². The number of alkyl halides is 3. The number of benzene rings is 3. The molecule has 1 N–H and O–H groups in total. The number of anilines is 1. The van der Waals surface area contributed by atoms with Gasteiger partial charge in [-0.2, -0.15) is 13.2 Å². The molecular formula is C32H33Cl3F3N3O4S. The Balaban J connectivity index is 1.78. The number of carbonyl (C=O) groups is 2. The molecular weight excluding hydrogens is 686 g/mol. The number of carbonyl (C=O) groups excluding carboxylic acids is 2. The highest BCUT2D eigenvalue weighted by atomic mass is 35.5. The second-order valence-electron chi connectivity index (χ2n) is 11.0. The van der Waals surface area contributed by atoms with E-state index in [1.54, 1.807) is 19.1 Å². The molecule has 1 aliphatic rings. The first-order chi connectivity index (χ1) is 21.7. The fourth-order valence-electron chi connectivity index (χ4n) is 5.43. The third kappa shape index (κ3) is 8.67. The third-order valence-electron chi connectivity index (χ3n) is 7.83. The van der Waals surface area contributed by atoms with Crippen LogP contribution in [0.3, 0.4) is 0 Å². The zero-order valence-corrected chi connectivity index (χ0v) is 28.0. The highest BCUT2D eigenvalue weighted by Crippen LogP contribution is 2.38. The second-order valence-corrected chi connectivity index (χ2v) is 14.1. The van der Waals surface area contributed by atoms with Crippen molar-refractivity contribution in [3.63, 3.8) is 0 Å². The van der Waals surface area contributed by atoms with Crippen molar-refractivity contribution >= 4 is 62.3 Å². The minimum atomic E-state index is -4.90. The van der Waals surface area contributed by atoms with Crippen molar-refractivity contribution < 1.29 is 31.2 Å². The lowest BCUT2D eigenvalue weighted by atomic mass is 9.95. The molecule has 0 aliphatic heterocycles. The Morgan fingerprint density at radius 1 is 0.913 bits per heavy atom. The molecule has 14 heteroatoms. The Bertz CT molecular complexity index is 1650. The minimum absolute atomic E-state index is 0.0676. The number of hydrogen-bond acceptors (Lipinski definition) is 4. The van der Waals surface area contributed by atoms with Gasteiger partial charge in [0, 0.05) is 12.6 Å². The monoisotopic (exact) mass is 717 g/mol. The summed E-state index contributed by atoms with van der Waals surface area (Å²) in [4.78, 5) is 28.9. The van der Waals surface area contributed by atoms with Gasteiger partial charge in [0.2, 0.25) is 11.8 Å². The maximum Gasteiger partial charge on any atom is 0.417 e. The normalized spacial score (nSPS) is 14.8. The SMILES string of the molecule is CC[C@H](C(=O)NC1CCCCC1)N(Cc1ccc(Cl)c(Cl)c1)C(=O)CN(c1ccc(Cl)c(C(F)(F)F)c1)S(=O)(=O)c1ccccc1. The summed E-state index contributed by atoms with van der Waals surface area (Å²) in [7, 11) is -4.58. The first kappa shape index (κ1) is 35.9. The third-order valence-corrected chi connectivity index (χ3v) is 10.7. The van der Waals surface area contributed by atoms with Crippen LogP contribution in [-0.2, 0) is 32.3 Å². The van der Waals surface area contributed by atoms with Crippen molar-refractivity contribution in [2.45, 2.75) is 75.1 Å². The maximum atomic E-state index is 14.2. The van der Waals surface area contributed by atoms with E-state index in [1.807, 2.05) is 0 Å². The van der Waals surface area contributed by atoms with Gasteiger partial charge in [-0.25, -0.2) is 8.42 Å². The summed E-state index contributed by atoms with van der Waals surface area (Å²) in [6, 6.07) is 13.2. The summed E-state index contributed by atoms with van der Waals surface area (Å²) < 4.78 is 70.0. The quantitative estimate of drug-likeness (QED) is 0.217. The van der Waals surface area contributed by atoms with Crippen LogP contribution in [0, 0.1) is 0 Å². The van der Waals surface area contributed by atoms with E-state index in [9.17, 15) is 31.2 Å². The number of sulfonamides is 1. The van der Waals surface area contributed by atoms with Crippen molar-refractivity contribution in [2.75, 3.05) is 10.8 Å². The van der Waals surface area contributed by atoms with Crippen molar-refractivity contribution in [2.24, 2.45) is 0 Å². The number of hydrogen-bond donors (Lipinski definition) is 1. The van der Waals surface area contributed by atoms with Crippen molar-refractivity contribution in [3.05, 3.63) is 92.9 Å². The Morgan fingerprint density at radius 3 is 2.17 bits per heavy atom. The Morgan fingerprint density at radius 2 is 1.57 bits per heavy atom. The summed E-state index contributed by atoms with van der Waals surface area (Å²) in [6.07, 6.45) is -0.145. The molecule has 0 heterocycles. The van der Waals surface area contributed by atoms with Gasteiger partial charge in [-0.3, -0.25) is 13.9 Å². The van der Waals surface area contributed by atoms with E-state index in [1.165, 1.54) is 41.3 Å². The predicted molar refractivity (Wildman–Crippen MR) is 174 cm³/mol. The smallest absolute Gasteiger partial charge is 0.352 e. The van der Waals surface area contributed by atoms with Crippen LogP contribution in [-0.4, -0.2) is 43.8 Å². The predicted octanol–water partition coefficient (Wildman–Crippen LogP) is 8.12. The van der Waals surface area contributed by atoms with Gasteiger partial charge in [-0.1, -0.05) is 85.3 Å². The zero-order valence-electron chi connectivity index (χ0n) is 24.9. The number of amides is 2. The largest absolute Gasteiger partial charge is 0.417 e. The van der Waals surface area contributed by atoms with E-state index >= 15 is 0 Å². The lowest BCUT2D eigenvalue weighted by Gasteiger charge is -2.34. The average Bonchev–Trinajstić information content (AvgIpc) is 3.02. The van der Waals surface area contributed by atoms with Gasteiger partial charge in [0.25, 0.3) is 10.0 Å². The molecule has 3 aromatic carbocycles. The van der Waals surface area contributed by atoms with Gasteiger partial charge in [0.05, 0.1) is 31.2 Å². The molecule has 248 valence electrons. The highest BCUT2D eigenvalue weighted by molar-refractivity contribution is 7.92. The fraction of sp³-hybridized carbons (Fsp3) is 0.375. The van der Waals surface area contributed by atoms with E-state index < -0.39 is 56.9 Å². The fourth-order valence-corrected chi connectivity index (χ4v) is 7.40. The average molecular weight is 719 g/mol. The van der Waals surface area contributed by atoms with Crippen molar-refractivity contribution in [1.29, 1.82) is 0 Å². The van der Waals surface area contributed by atoms with Crippen LogP contribution in [0.5, 0.6) is 0 Å². The topological polar surface area (TPSA) is 86.8 Å². The van der Waals surface area contributed by atoms with Crippen LogP contribution >= 0.6 is 34.8 Å². The molecule has 0 saturated heterocycles. The summed E-state index contributed by atoms with van der Waals surface area (Å²) in [5.74, 6) is -1.23. The van der Waals surface area contributed by atoms with E-state index in [0.29, 0.717) is 15.9 Å². The molecule has 1 aliphatic carbocycles. The summed E-state index contributed by atoms with van der Waals surface area (Å²) >= 11 is 18.2. The number of halogens is 6. The number of nitrogens with one attached hydrogen (secondary N) is 1. The van der Waals surface area contributed by atoms with Gasteiger partial charge in [0.1, 0.15) is 12.6 Å². The van der Waals surface area contributed by atoms with E-state index in [2.05, 4.69) is 5.32 Å². The standard InChI is InChI=1S/C32H33Cl3F3N3O4S/c1-2-29(31(43)39-22-9-5-3-6-10-22)40(19-21-13-15-27(34)28(35)17-21)30(42)20-41(46(44,45)24-11-7-4-8-12-24)23-14-16-26(33)25(18-23)32(36,37)38/h4,7-8,11-18,22,29H,2-3,5-6,9-10,19-20H2,1H3,(H,39,43)/t29-/m1/s1. The van der Waals surface area contributed by atoms with Crippen LogP contribution in [0.25, 0.3) is 0 Å². The van der Waals surface area contributed by atoms with E-state index in [0.717, 1.165) is 44.2 Å². The number of rotatable bonds is 11. The molecule has 1 atom stereocenters. The number of nitrogens with zero attached hydrogens (tertiary/aromatic N) is 2. The summed E-state index contributed by atoms with van der Waals surface area (Å²) in [6.45, 7) is 0.651. The Labute approximate surface area is 281 Å². The molecule has 0 aromatic heterocycles. The summed E-state index contributed by atoms with van der Waals surface area (Å²) in [5.41, 5.74) is -1.18. The molecule has 4 rings (SSSR count). The molecule has 7 nitrogen and oxygen atoms in total. The molecule has 1 fully saturated rings. The summed E-state index contributed by atoms with van der Waals surface area (Å²) in [5, 5.41) is 2.88. The molecule has 0 spiro atoms. The van der Waals surface area contributed by atoms with E-state index in [-0.39, 0.29) is 33.9 Å². The highest BCUT2D eigenvalue weighted by Gasteiger charge is 2.37. The lowest BCUT2D eigenvalue weighted by molar-refractivity contribution is -0.140. The van der Waals surface area contributed by atoms with Crippen LogP contribution in [0.1, 0.15) is 56.6 Å². The first-order valence-electron chi connectivity index (χ1n) is 14.7. The molecule has 46 heavy (non-hydrogen) atoms. The second kappa shape index (κ2) is 15.3. The molecule has 2 amide bonds. The minimum Gasteiger partial charge on any atom is -0.352 e. The lowest BCUT2D eigenvalue weighted by Crippen LogP contribution is -2.54.